The highest BCUT2D eigenvalue weighted by atomic mass is 32.2. The second kappa shape index (κ2) is 11.2. The summed E-state index contributed by atoms with van der Waals surface area (Å²) in [5, 5.41) is 13.8. The Morgan fingerprint density at radius 2 is 1.84 bits per heavy atom. The normalized spacial score (nSPS) is 10.6. The Bertz CT molecular complexity index is 1010. The van der Waals surface area contributed by atoms with Crippen LogP contribution in [0.15, 0.2) is 59.8 Å². The van der Waals surface area contributed by atoms with Gasteiger partial charge in [-0.2, -0.15) is 0 Å². The fourth-order valence-electron chi connectivity index (χ4n) is 2.72. The number of halogens is 1. The molecule has 162 valence electrons. The lowest BCUT2D eigenvalue weighted by Gasteiger charge is -2.10. The summed E-state index contributed by atoms with van der Waals surface area (Å²) in [5.74, 6) is -0.307. The van der Waals surface area contributed by atoms with E-state index in [0.29, 0.717) is 36.2 Å². The van der Waals surface area contributed by atoms with Crippen molar-refractivity contribution in [3.05, 3.63) is 60.4 Å². The minimum atomic E-state index is -0.563. The van der Waals surface area contributed by atoms with Crippen LogP contribution in [0.2, 0.25) is 0 Å². The number of nitrogens with one attached hydrogen (secondary N) is 2. The minimum Gasteiger partial charge on any atom is -0.385 e. The van der Waals surface area contributed by atoms with Gasteiger partial charge in [-0.15, -0.1) is 10.2 Å². The number of amides is 3. The molecular formula is C21H22FN5O3S. The van der Waals surface area contributed by atoms with Crippen LogP contribution in [-0.4, -0.2) is 52.7 Å². The number of imide groups is 1. The van der Waals surface area contributed by atoms with Crippen LogP contribution < -0.4 is 10.6 Å². The van der Waals surface area contributed by atoms with Gasteiger partial charge in [-0.25, -0.2) is 9.18 Å². The topological polar surface area (TPSA) is 98.1 Å². The molecule has 0 aliphatic carbocycles. The van der Waals surface area contributed by atoms with Crippen molar-refractivity contribution in [1.82, 2.24) is 25.4 Å². The molecular weight excluding hydrogens is 421 g/mol. The van der Waals surface area contributed by atoms with Crippen LogP contribution in [0.25, 0.3) is 17.1 Å². The number of urea groups is 1. The highest BCUT2D eigenvalue weighted by molar-refractivity contribution is 7.99. The molecule has 0 atom stereocenters. The van der Waals surface area contributed by atoms with Gasteiger partial charge in [-0.3, -0.25) is 14.7 Å². The fraction of sp³-hybridized carbons (Fsp3) is 0.238. The smallest absolute Gasteiger partial charge is 0.321 e. The summed E-state index contributed by atoms with van der Waals surface area (Å²) in [5.41, 5.74) is 1.48. The Morgan fingerprint density at radius 1 is 1.10 bits per heavy atom. The lowest BCUT2D eigenvalue weighted by molar-refractivity contribution is -0.117. The highest BCUT2D eigenvalue weighted by Crippen LogP contribution is 2.27. The number of benzene rings is 2. The fourth-order valence-corrected chi connectivity index (χ4v) is 3.47. The number of carbonyl (C=O) groups excluding carboxylic acids is 2. The molecule has 2 N–H and O–H groups in total. The number of nitrogens with zero attached hydrogens (tertiary/aromatic N) is 3. The largest absolute Gasteiger partial charge is 0.385 e. The van der Waals surface area contributed by atoms with E-state index in [9.17, 15) is 14.0 Å². The molecule has 0 bridgehead atoms. The quantitative estimate of drug-likeness (QED) is 0.390. The molecule has 31 heavy (non-hydrogen) atoms. The van der Waals surface area contributed by atoms with Crippen molar-refractivity contribution in [3.8, 4) is 17.1 Å². The van der Waals surface area contributed by atoms with Gasteiger partial charge in [-0.05, 0) is 30.7 Å². The van der Waals surface area contributed by atoms with E-state index in [0.717, 1.165) is 17.3 Å². The summed E-state index contributed by atoms with van der Waals surface area (Å²) >= 11 is 1.13. The highest BCUT2D eigenvalue weighted by Gasteiger charge is 2.18. The molecule has 1 heterocycles. The Labute approximate surface area is 183 Å². The van der Waals surface area contributed by atoms with Gasteiger partial charge in [-0.1, -0.05) is 42.1 Å². The minimum absolute atomic E-state index is 0.0421. The van der Waals surface area contributed by atoms with Crippen molar-refractivity contribution in [1.29, 1.82) is 0 Å². The molecule has 3 amide bonds. The number of hydrogen-bond donors (Lipinski definition) is 2. The predicted octanol–water partition coefficient (Wildman–Crippen LogP) is 3.03. The Kier molecular flexibility index (Phi) is 8.13. The first kappa shape index (κ1) is 22.4. The third kappa shape index (κ3) is 6.37. The molecule has 0 aliphatic rings. The molecule has 0 saturated carbocycles. The first-order chi connectivity index (χ1) is 15.1. The molecule has 0 aliphatic heterocycles. The Morgan fingerprint density at radius 3 is 2.55 bits per heavy atom. The monoisotopic (exact) mass is 443 g/mol. The number of ether oxygens (including phenoxy) is 1. The summed E-state index contributed by atoms with van der Waals surface area (Å²) in [6.07, 6.45) is 0.649. The van der Waals surface area contributed by atoms with Gasteiger partial charge >= 0.3 is 6.03 Å². The number of thioether (sulfide) groups is 1. The first-order valence-electron chi connectivity index (χ1n) is 9.54. The van der Waals surface area contributed by atoms with E-state index in [4.69, 9.17) is 4.74 Å². The summed E-state index contributed by atoms with van der Waals surface area (Å²) in [4.78, 5) is 23.9. The summed E-state index contributed by atoms with van der Waals surface area (Å²) in [7, 11) is 1.58. The van der Waals surface area contributed by atoms with Gasteiger partial charge in [0.2, 0.25) is 5.91 Å². The molecule has 10 heteroatoms. The van der Waals surface area contributed by atoms with Crippen LogP contribution in [0.5, 0.6) is 0 Å². The molecule has 0 saturated heterocycles. The van der Waals surface area contributed by atoms with Crippen molar-refractivity contribution in [2.24, 2.45) is 0 Å². The maximum atomic E-state index is 13.4. The van der Waals surface area contributed by atoms with Crippen LogP contribution >= 0.6 is 11.8 Å². The van der Waals surface area contributed by atoms with Crippen molar-refractivity contribution in [2.75, 3.05) is 26.0 Å². The van der Waals surface area contributed by atoms with Gasteiger partial charge in [0.1, 0.15) is 5.82 Å². The summed E-state index contributed by atoms with van der Waals surface area (Å²) in [6, 6.07) is 14.8. The van der Waals surface area contributed by atoms with Crippen molar-refractivity contribution < 1.29 is 18.7 Å². The standard InChI is InChI=1S/C21H22FN5O3S/c1-30-13-5-12-23-20(29)24-18(28)14-31-21-26-25-19(15-6-3-2-4-7-15)27(21)17-10-8-16(22)9-11-17/h2-4,6-11H,5,12-14H2,1H3,(H2,23,24,28,29). The van der Waals surface area contributed by atoms with Gasteiger partial charge in [0.25, 0.3) is 0 Å². The van der Waals surface area contributed by atoms with Gasteiger partial charge in [0.05, 0.1) is 5.75 Å². The van der Waals surface area contributed by atoms with E-state index in [2.05, 4.69) is 20.8 Å². The zero-order valence-corrected chi connectivity index (χ0v) is 17.7. The third-order valence-corrected chi connectivity index (χ3v) is 5.08. The summed E-state index contributed by atoms with van der Waals surface area (Å²) in [6.45, 7) is 0.923. The Hall–Kier alpha value is -3.24. The number of carbonyl (C=O) groups is 2. The summed E-state index contributed by atoms with van der Waals surface area (Å²) < 4.78 is 20.1. The van der Waals surface area contributed by atoms with Crippen LogP contribution in [-0.2, 0) is 9.53 Å². The van der Waals surface area contributed by atoms with Gasteiger partial charge < -0.3 is 10.1 Å². The van der Waals surface area contributed by atoms with E-state index < -0.39 is 11.9 Å². The number of aromatic nitrogens is 3. The van der Waals surface area contributed by atoms with E-state index >= 15 is 0 Å². The molecule has 0 spiro atoms. The van der Waals surface area contributed by atoms with E-state index in [1.54, 1.807) is 23.8 Å². The second-order valence-electron chi connectivity index (χ2n) is 6.42. The maximum Gasteiger partial charge on any atom is 0.321 e. The molecule has 1 aromatic heterocycles. The van der Waals surface area contributed by atoms with Gasteiger partial charge in [0.15, 0.2) is 11.0 Å². The van der Waals surface area contributed by atoms with Crippen LogP contribution in [0.4, 0.5) is 9.18 Å². The number of rotatable bonds is 9. The second-order valence-corrected chi connectivity index (χ2v) is 7.37. The molecule has 3 aromatic rings. The van der Waals surface area contributed by atoms with E-state index in [-0.39, 0.29) is 11.6 Å². The average Bonchev–Trinajstić information content (AvgIpc) is 3.20. The number of methoxy groups -OCH3 is 1. The van der Waals surface area contributed by atoms with Crippen molar-refractivity contribution in [2.45, 2.75) is 11.6 Å². The lowest BCUT2D eigenvalue weighted by Crippen LogP contribution is -2.40. The number of hydrogen-bond acceptors (Lipinski definition) is 6. The third-order valence-electron chi connectivity index (χ3n) is 4.15. The molecule has 3 rings (SSSR count). The maximum absolute atomic E-state index is 13.4. The zero-order valence-electron chi connectivity index (χ0n) is 16.9. The van der Waals surface area contributed by atoms with Crippen molar-refractivity contribution in [3.63, 3.8) is 0 Å². The average molecular weight is 444 g/mol. The van der Waals surface area contributed by atoms with Crippen LogP contribution in [0.1, 0.15) is 6.42 Å². The van der Waals surface area contributed by atoms with Crippen LogP contribution in [0.3, 0.4) is 0 Å². The molecule has 8 nitrogen and oxygen atoms in total. The Balaban J connectivity index is 1.71. The van der Waals surface area contributed by atoms with Crippen molar-refractivity contribution >= 4 is 23.7 Å². The zero-order chi connectivity index (χ0) is 22.1. The lowest BCUT2D eigenvalue weighted by atomic mass is 10.2. The molecule has 0 radical (unpaired) electrons. The van der Waals surface area contributed by atoms with E-state index in [1.165, 1.54) is 12.1 Å². The first-order valence-corrected chi connectivity index (χ1v) is 10.5. The SMILES string of the molecule is COCCCNC(=O)NC(=O)CSc1nnc(-c2ccccc2)n1-c1ccc(F)cc1. The predicted molar refractivity (Wildman–Crippen MR) is 116 cm³/mol. The van der Waals surface area contributed by atoms with Crippen LogP contribution in [0, 0.1) is 5.82 Å². The molecule has 0 fully saturated rings. The molecule has 0 unspecified atom stereocenters. The molecule has 2 aromatic carbocycles. The van der Waals surface area contributed by atoms with Gasteiger partial charge in [0, 0.05) is 31.5 Å². The van der Waals surface area contributed by atoms with E-state index in [1.807, 2.05) is 30.3 Å².